The largest absolute Gasteiger partial charge is 0.375 e. The number of nitriles is 1. The average molecular weight is 277 g/mol. The molecule has 3 atom stereocenters. The van der Waals surface area contributed by atoms with E-state index in [1.54, 1.807) is 0 Å². The second-order valence-electron chi connectivity index (χ2n) is 5.81. The van der Waals surface area contributed by atoms with Crippen LogP contribution in [-0.4, -0.2) is 12.2 Å². The Morgan fingerprint density at radius 1 is 0.952 bits per heavy atom. The van der Waals surface area contributed by atoms with E-state index in [-0.39, 0.29) is 0 Å². The van der Waals surface area contributed by atoms with Crippen LogP contribution in [0, 0.1) is 11.3 Å². The van der Waals surface area contributed by atoms with Crippen molar-refractivity contribution < 1.29 is 4.74 Å². The third kappa shape index (κ3) is 2.84. The van der Waals surface area contributed by atoms with Crippen LogP contribution in [0.3, 0.4) is 0 Å². The minimum absolute atomic E-state index is 0.292. The number of ether oxygens (including phenoxy) is 1. The van der Waals surface area contributed by atoms with Gasteiger partial charge in [0.15, 0.2) is 0 Å². The zero-order chi connectivity index (χ0) is 14.8. The normalized spacial score (nSPS) is 24.7. The first-order chi connectivity index (χ1) is 10.2. The van der Waals surface area contributed by atoms with Crippen molar-refractivity contribution in [1.29, 1.82) is 5.26 Å². The number of benzene rings is 2. The van der Waals surface area contributed by atoms with Gasteiger partial charge in [-0.15, -0.1) is 0 Å². The quantitative estimate of drug-likeness (QED) is 0.809. The molecule has 1 saturated heterocycles. The van der Waals surface area contributed by atoms with E-state index in [1.165, 1.54) is 11.1 Å². The van der Waals surface area contributed by atoms with Gasteiger partial charge in [-0.3, -0.25) is 0 Å². The van der Waals surface area contributed by atoms with Gasteiger partial charge in [0.25, 0.3) is 0 Å². The molecule has 0 aliphatic carbocycles. The molecule has 0 amide bonds. The molecule has 2 aromatic rings. The second kappa shape index (κ2) is 5.71. The molecule has 0 spiro atoms. The summed E-state index contributed by atoms with van der Waals surface area (Å²) in [6, 6.07) is 18.6. The van der Waals surface area contributed by atoms with Gasteiger partial charge in [-0.25, -0.2) is 0 Å². The molecule has 3 unspecified atom stereocenters. The topological polar surface area (TPSA) is 33.0 Å². The molecule has 3 rings (SSSR count). The van der Waals surface area contributed by atoms with E-state index >= 15 is 0 Å². The lowest BCUT2D eigenvalue weighted by molar-refractivity contribution is 0.0632. The van der Waals surface area contributed by atoms with Crippen LogP contribution < -0.4 is 0 Å². The van der Waals surface area contributed by atoms with Crippen molar-refractivity contribution in [3.05, 3.63) is 59.7 Å². The highest BCUT2D eigenvalue weighted by atomic mass is 16.5. The first-order valence-electron chi connectivity index (χ1n) is 7.43. The molecule has 0 saturated carbocycles. The maximum absolute atomic E-state index is 8.84. The summed E-state index contributed by atoms with van der Waals surface area (Å²) in [5.41, 5.74) is 4.37. The molecule has 1 heterocycles. The zero-order valence-corrected chi connectivity index (χ0v) is 12.4. The lowest BCUT2D eigenvalue weighted by atomic mass is 9.90. The van der Waals surface area contributed by atoms with E-state index in [9.17, 15) is 0 Å². The SMILES string of the molecule is CC1CC(c2ccc(-c3ccc(C#N)cc3)cc2)C(C)O1. The minimum atomic E-state index is 0.292. The summed E-state index contributed by atoms with van der Waals surface area (Å²) in [5.74, 6) is 0.495. The Labute approximate surface area is 126 Å². The van der Waals surface area contributed by atoms with E-state index in [0.717, 1.165) is 12.0 Å². The Kier molecular flexibility index (Phi) is 3.77. The molecule has 1 aliphatic heterocycles. The maximum Gasteiger partial charge on any atom is 0.0991 e. The minimum Gasteiger partial charge on any atom is -0.375 e. The Morgan fingerprint density at radius 3 is 2.00 bits per heavy atom. The van der Waals surface area contributed by atoms with E-state index in [4.69, 9.17) is 10.00 Å². The van der Waals surface area contributed by atoms with Gasteiger partial charge in [-0.05, 0) is 49.1 Å². The van der Waals surface area contributed by atoms with Gasteiger partial charge in [-0.1, -0.05) is 36.4 Å². The lowest BCUT2D eigenvalue weighted by Gasteiger charge is -2.14. The number of hydrogen-bond donors (Lipinski definition) is 0. The Balaban J connectivity index is 1.82. The summed E-state index contributed by atoms with van der Waals surface area (Å²) in [6.45, 7) is 4.30. The van der Waals surface area contributed by atoms with Crippen LogP contribution in [0.2, 0.25) is 0 Å². The Bertz CT molecular complexity index is 651. The maximum atomic E-state index is 8.84. The first-order valence-corrected chi connectivity index (χ1v) is 7.43. The predicted octanol–water partition coefficient (Wildman–Crippen LogP) is 4.51. The van der Waals surface area contributed by atoms with Gasteiger partial charge < -0.3 is 4.74 Å². The first kappa shape index (κ1) is 13.9. The summed E-state index contributed by atoms with van der Waals surface area (Å²) in [6.07, 6.45) is 1.74. The van der Waals surface area contributed by atoms with Gasteiger partial charge in [0.2, 0.25) is 0 Å². The Morgan fingerprint density at radius 2 is 1.52 bits per heavy atom. The van der Waals surface area contributed by atoms with Crippen molar-refractivity contribution in [1.82, 2.24) is 0 Å². The van der Waals surface area contributed by atoms with Crippen LogP contribution in [0.1, 0.15) is 37.3 Å². The highest BCUT2D eigenvalue weighted by molar-refractivity contribution is 5.64. The Hall–Kier alpha value is -2.11. The fourth-order valence-corrected chi connectivity index (χ4v) is 3.13. The van der Waals surface area contributed by atoms with Crippen LogP contribution in [0.5, 0.6) is 0 Å². The third-order valence-electron chi connectivity index (χ3n) is 4.29. The molecule has 2 heteroatoms. The van der Waals surface area contributed by atoms with Crippen molar-refractivity contribution >= 4 is 0 Å². The summed E-state index contributed by atoms with van der Waals surface area (Å²) in [5, 5.41) is 8.84. The van der Waals surface area contributed by atoms with Crippen molar-refractivity contribution in [3.63, 3.8) is 0 Å². The molecular weight excluding hydrogens is 258 g/mol. The standard InChI is InChI=1S/C19H19NO/c1-13-11-19(14(2)21-13)18-9-7-17(8-10-18)16-5-3-15(12-20)4-6-16/h3-10,13-14,19H,11H2,1-2H3. The molecule has 21 heavy (non-hydrogen) atoms. The summed E-state index contributed by atoms with van der Waals surface area (Å²) in [4.78, 5) is 0. The average Bonchev–Trinajstić information content (AvgIpc) is 2.86. The predicted molar refractivity (Wildman–Crippen MR) is 84.0 cm³/mol. The summed E-state index contributed by atoms with van der Waals surface area (Å²) < 4.78 is 5.84. The lowest BCUT2D eigenvalue weighted by Crippen LogP contribution is -2.09. The number of nitrogens with zero attached hydrogens (tertiary/aromatic N) is 1. The fourth-order valence-electron chi connectivity index (χ4n) is 3.13. The molecule has 2 aromatic carbocycles. The second-order valence-corrected chi connectivity index (χ2v) is 5.81. The molecule has 0 bridgehead atoms. The van der Waals surface area contributed by atoms with Crippen LogP contribution >= 0.6 is 0 Å². The summed E-state index contributed by atoms with van der Waals surface area (Å²) in [7, 11) is 0. The molecule has 0 N–H and O–H groups in total. The van der Waals surface area contributed by atoms with Crippen LogP contribution in [-0.2, 0) is 4.74 Å². The smallest absolute Gasteiger partial charge is 0.0991 e. The van der Waals surface area contributed by atoms with Gasteiger partial charge >= 0.3 is 0 Å². The summed E-state index contributed by atoms with van der Waals surface area (Å²) >= 11 is 0. The molecule has 1 aliphatic rings. The van der Waals surface area contributed by atoms with E-state index in [0.29, 0.717) is 23.7 Å². The molecule has 0 aromatic heterocycles. The third-order valence-corrected chi connectivity index (χ3v) is 4.29. The van der Waals surface area contributed by atoms with Crippen LogP contribution in [0.4, 0.5) is 0 Å². The highest BCUT2D eigenvalue weighted by Gasteiger charge is 2.30. The number of hydrogen-bond acceptors (Lipinski definition) is 2. The van der Waals surface area contributed by atoms with Crippen molar-refractivity contribution in [2.24, 2.45) is 0 Å². The van der Waals surface area contributed by atoms with Gasteiger partial charge in [0, 0.05) is 5.92 Å². The number of rotatable bonds is 2. The molecule has 0 radical (unpaired) electrons. The molecule has 2 nitrogen and oxygen atoms in total. The van der Waals surface area contributed by atoms with Crippen LogP contribution in [0.15, 0.2) is 48.5 Å². The van der Waals surface area contributed by atoms with Gasteiger partial charge in [0.05, 0.1) is 23.8 Å². The van der Waals surface area contributed by atoms with Gasteiger partial charge in [-0.2, -0.15) is 5.26 Å². The van der Waals surface area contributed by atoms with Crippen molar-refractivity contribution in [2.75, 3.05) is 0 Å². The van der Waals surface area contributed by atoms with Gasteiger partial charge in [0.1, 0.15) is 0 Å². The monoisotopic (exact) mass is 277 g/mol. The molecular formula is C19H19NO. The van der Waals surface area contributed by atoms with Crippen LogP contribution in [0.25, 0.3) is 11.1 Å². The van der Waals surface area contributed by atoms with Crippen molar-refractivity contribution in [3.8, 4) is 17.2 Å². The van der Waals surface area contributed by atoms with E-state index in [1.807, 2.05) is 24.3 Å². The van der Waals surface area contributed by atoms with E-state index in [2.05, 4.69) is 44.2 Å². The fraction of sp³-hybridized carbons (Fsp3) is 0.316. The molecule has 106 valence electrons. The highest BCUT2D eigenvalue weighted by Crippen LogP contribution is 2.35. The zero-order valence-electron chi connectivity index (χ0n) is 12.4. The van der Waals surface area contributed by atoms with E-state index < -0.39 is 0 Å². The molecule has 1 fully saturated rings. The van der Waals surface area contributed by atoms with Crippen molar-refractivity contribution in [2.45, 2.75) is 38.4 Å².